The Labute approximate surface area is 87.9 Å². The molecule has 1 aromatic rings. The van der Waals surface area contributed by atoms with E-state index in [-0.39, 0.29) is 5.78 Å². The largest absolute Gasteiger partial charge is 0.293 e. The second kappa shape index (κ2) is 4.56. The molecular formula is C11H12ClFO. The molecule has 1 unspecified atom stereocenters. The molecule has 0 fully saturated rings. The molecule has 0 N–H and O–H groups in total. The number of halogens is 2. The zero-order valence-corrected chi connectivity index (χ0v) is 8.94. The lowest BCUT2D eigenvalue weighted by Crippen LogP contribution is -2.13. The van der Waals surface area contributed by atoms with Crippen LogP contribution in [0.5, 0.6) is 0 Å². The van der Waals surface area contributed by atoms with Gasteiger partial charge in [0.25, 0.3) is 0 Å². The van der Waals surface area contributed by atoms with Gasteiger partial charge in [0, 0.05) is 5.56 Å². The molecule has 0 saturated carbocycles. The highest BCUT2D eigenvalue weighted by molar-refractivity contribution is 6.33. The van der Waals surface area contributed by atoms with E-state index in [0.717, 1.165) is 5.56 Å². The van der Waals surface area contributed by atoms with E-state index < -0.39 is 11.2 Å². The minimum absolute atomic E-state index is 0.211. The standard InChI is InChI=1S/C11H12ClFO/c1-3-10(12)11(14)8-4-7(2)5-9(13)6-8/h4-6,10H,3H2,1-2H3. The summed E-state index contributed by atoms with van der Waals surface area (Å²) in [6.07, 6.45) is 0.552. The first-order valence-corrected chi connectivity index (χ1v) is 4.93. The van der Waals surface area contributed by atoms with E-state index in [4.69, 9.17) is 11.6 Å². The normalized spacial score (nSPS) is 12.6. The molecule has 0 aliphatic heterocycles. The number of Topliss-reactive ketones (excluding diaryl/α,β-unsaturated/α-hetero) is 1. The van der Waals surface area contributed by atoms with Crippen LogP contribution < -0.4 is 0 Å². The average molecular weight is 215 g/mol. The molecule has 1 atom stereocenters. The van der Waals surface area contributed by atoms with E-state index in [1.165, 1.54) is 12.1 Å². The number of hydrogen-bond acceptors (Lipinski definition) is 1. The number of ketones is 1. The number of alkyl halides is 1. The summed E-state index contributed by atoms with van der Waals surface area (Å²) in [5, 5.41) is -0.559. The van der Waals surface area contributed by atoms with Crippen LogP contribution in [0, 0.1) is 12.7 Å². The summed E-state index contributed by atoms with van der Waals surface area (Å²) in [6, 6.07) is 4.25. The maximum absolute atomic E-state index is 13.0. The van der Waals surface area contributed by atoms with Crippen LogP contribution in [0.1, 0.15) is 29.3 Å². The Morgan fingerprint density at radius 2 is 2.14 bits per heavy atom. The van der Waals surface area contributed by atoms with Crippen LogP contribution in [0.2, 0.25) is 0 Å². The van der Waals surface area contributed by atoms with Gasteiger partial charge in [0.15, 0.2) is 5.78 Å². The predicted octanol–water partition coefficient (Wildman–Crippen LogP) is 3.33. The molecule has 0 amide bonds. The van der Waals surface area contributed by atoms with Crippen molar-refractivity contribution < 1.29 is 9.18 Å². The van der Waals surface area contributed by atoms with Gasteiger partial charge in [0.2, 0.25) is 0 Å². The first-order chi connectivity index (χ1) is 6.54. The highest BCUT2D eigenvalue weighted by Gasteiger charge is 2.15. The van der Waals surface area contributed by atoms with Gasteiger partial charge in [-0.3, -0.25) is 4.79 Å². The van der Waals surface area contributed by atoms with E-state index in [0.29, 0.717) is 12.0 Å². The fourth-order valence-electron chi connectivity index (χ4n) is 1.24. The van der Waals surface area contributed by atoms with Crippen LogP contribution in [0.15, 0.2) is 18.2 Å². The first-order valence-electron chi connectivity index (χ1n) is 4.50. The second-order valence-corrected chi connectivity index (χ2v) is 3.78. The molecule has 76 valence electrons. The molecule has 0 radical (unpaired) electrons. The zero-order valence-electron chi connectivity index (χ0n) is 8.18. The Kier molecular flexibility index (Phi) is 3.64. The number of hydrogen-bond donors (Lipinski definition) is 0. The summed E-state index contributed by atoms with van der Waals surface area (Å²) >= 11 is 5.78. The quantitative estimate of drug-likeness (QED) is 0.557. The highest BCUT2D eigenvalue weighted by atomic mass is 35.5. The molecule has 0 aliphatic carbocycles. The summed E-state index contributed by atoms with van der Waals surface area (Å²) < 4.78 is 13.0. The Balaban J connectivity index is 3.01. The number of carbonyl (C=O) groups is 1. The highest BCUT2D eigenvalue weighted by Crippen LogP contribution is 2.14. The number of carbonyl (C=O) groups excluding carboxylic acids is 1. The van der Waals surface area contributed by atoms with Crippen LogP contribution in [0.4, 0.5) is 4.39 Å². The van der Waals surface area contributed by atoms with E-state index in [1.807, 2.05) is 6.92 Å². The van der Waals surface area contributed by atoms with Crippen molar-refractivity contribution in [1.82, 2.24) is 0 Å². The number of rotatable bonds is 3. The fraction of sp³-hybridized carbons (Fsp3) is 0.364. The van der Waals surface area contributed by atoms with Crippen molar-refractivity contribution in [3.8, 4) is 0 Å². The van der Waals surface area contributed by atoms with Gasteiger partial charge < -0.3 is 0 Å². The Bertz CT molecular complexity index is 329. The van der Waals surface area contributed by atoms with Gasteiger partial charge in [-0.1, -0.05) is 6.92 Å². The zero-order chi connectivity index (χ0) is 10.7. The summed E-state index contributed by atoms with van der Waals surface area (Å²) in [6.45, 7) is 3.57. The lowest BCUT2D eigenvalue weighted by molar-refractivity contribution is 0.0985. The molecule has 0 aromatic heterocycles. The molecule has 0 aliphatic rings. The maximum atomic E-state index is 13.0. The van der Waals surface area contributed by atoms with Crippen LogP contribution >= 0.6 is 11.6 Å². The van der Waals surface area contributed by atoms with Gasteiger partial charge >= 0.3 is 0 Å². The van der Waals surface area contributed by atoms with Crippen LogP contribution in [0.25, 0.3) is 0 Å². The van der Waals surface area contributed by atoms with Crippen LogP contribution in [-0.2, 0) is 0 Å². The minimum atomic E-state index is -0.559. The number of benzene rings is 1. The van der Waals surface area contributed by atoms with Crippen molar-refractivity contribution in [3.05, 3.63) is 35.1 Å². The summed E-state index contributed by atoms with van der Waals surface area (Å²) in [7, 11) is 0. The first kappa shape index (κ1) is 11.2. The van der Waals surface area contributed by atoms with Crippen molar-refractivity contribution in [2.45, 2.75) is 25.6 Å². The summed E-state index contributed by atoms with van der Waals surface area (Å²) in [5.74, 6) is -0.606. The van der Waals surface area contributed by atoms with Crippen molar-refractivity contribution in [2.24, 2.45) is 0 Å². The van der Waals surface area contributed by atoms with E-state index in [2.05, 4.69) is 0 Å². The molecular weight excluding hydrogens is 203 g/mol. The van der Waals surface area contributed by atoms with Gasteiger partial charge in [-0.15, -0.1) is 11.6 Å². The lowest BCUT2D eigenvalue weighted by atomic mass is 10.0. The fourth-order valence-corrected chi connectivity index (χ4v) is 1.37. The maximum Gasteiger partial charge on any atom is 0.180 e. The van der Waals surface area contributed by atoms with Crippen LogP contribution in [0.3, 0.4) is 0 Å². The van der Waals surface area contributed by atoms with Crippen molar-refractivity contribution in [1.29, 1.82) is 0 Å². The Morgan fingerprint density at radius 1 is 1.50 bits per heavy atom. The molecule has 0 bridgehead atoms. The van der Waals surface area contributed by atoms with Crippen LogP contribution in [-0.4, -0.2) is 11.2 Å². The molecule has 1 rings (SSSR count). The van der Waals surface area contributed by atoms with Crippen molar-refractivity contribution in [3.63, 3.8) is 0 Å². The third-order valence-electron chi connectivity index (χ3n) is 1.97. The Hall–Kier alpha value is -0.890. The predicted molar refractivity (Wildman–Crippen MR) is 55.4 cm³/mol. The molecule has 3 heteroatoms. The van der Waals surface area contributed by atoms with Gasteiger partial charge in [0.1, 0.15) is 5.82 Å². The smallest absolute Gasteiger partial charge is 0.180 e. The molecule has 1 nitrogen and oxygen atoms in total. The topological polar surface area (TPSA) is 17.1 Å². The molecule has 0 heterocycles. The van der Waals surface area contributed by atoms with Gasteiger partial charge in [-0.05, 0) is 37.1 Å². The third kappa shape index (κ3) is 2.55. The van der Waals surface area contributed by atoms with Gasteiger partial charge in [0.05, 0.1) is 5.38 Å². The second-order valence-electron chi connectivity index (χ2n) is 3.26. The van der Waals surface area contributed by atoms with E-state index >= 15 is 0 Å². The molecule has 14 heavy (non-hydrogen) atoms. The SMILES string of the molecule is CCC(Cl)C(=O)c1cc(C)cc(F)c1. The van der Waals surface area contributed by atoms with Gasteiger partial charge in [-0.25, -0.2) is 4.39 Å². The molecule has 1 aromatic carbocycles. The third-order valence-corrected chi connectivity index (χ3v) is 2.48. The van der Waals surface area contributed by atoms with Gasteiger partial charge in [-0.2, -0.15) is 0 Å². The van der Waals surface area contributed by atoms with E-state index in [9.17, 15) is 9.18 Å². The molecule has 0 saturated heterocycles. The lowest BCUT2D eigenvalue weighted by Gasteiger charge is -2.06. The molecule has 0 spiro atoms. The minimum Gasteiger partial charge on any atom is -0.293 e. The summed E-state index contributed by atoms with van der Waals surface area (Å²) in [4.78, 5) is 11.6. The Morgan fingerprint density at radius 3 is 2.64 bits per heavy atom. The van der Waals surface area contributed by atoms with Crippen molar-refractivity contribution >= 4 is 17.4 Å². The van der Waals surface area contributed by atoms with E-state index in [1.54, 1.807) is 13.0 Å². The average Bonchev–Trinajstić information content (AvgIpc) is 2.14. The van der Waals surface area contributed by atoms with Crippen molar-refractivity contribution in [2.75, 3.05) is 0 Å². The summed E-state index contributed by atoms with van der Waals surface area (Å²) in [5.41, 5.74) is 1.08. The monoisotopic (exact) mass is 214 g/mol. The number of aryl methyl sites for hydroxylation is 1.